The van der Waals surface area contributed by atoms with Gasteiger partial charge in [0.1, 0.15) is 5.69 Å². The quantitative estimate of drug-likeness (QED) is 0.780. The van der Waals surface area contributed by atoms with E-state index in [4.69, 9.17) is 4.74 Å². The molecule has 7 heteroatoms. The molecule has 5 rings (SSSR count). The number of ether oxygens (including phenoxy) is 1. The Morgan fingerprint density at radius 2 is 1.66 bits per heavy atom. The summed E-state index contributed by atoms with van der Waals surface area (Å²) in [7, 11) is 0. The number of rotatable bonds is 2. The van der Waals surface area contributed by atoms with E-state index >= 15 is 0 Å². The van der Waals surface area contributed by atoms with Crippen LogP contribution in [0.1, 0.15) is 50.8 Å². The maximum absolute atomic E-state index is 13.4. The van der Waals surface area contributed by atoms with Crippen LogP contribution in [-0.4, -0.2) is 64.0 Å². The number of imidazole rings is 1. The van der Waals surface area contributed by atoms with E-state index in [-0.39, 0.29) is 11.8 Å². The number of morpholine rings is 1. The monoisotopic (exact) mass is 394 g/mol. The molecule has 0 N–H and O–H groups in total. The first-order valence-corrected chi connectivity index (χ1v) is 10.5. The maximum Gasteiger partial charge on any atom is 0.290 e. The molecule has 4 heterocycles. The van der Waals surface area contributed by atoms with E-state index in [0.29, 0.717) is 50.9 Å². The fourth-order valence-corrected chi connectivity index (χ4v) is 4.60. The highest BCUT2D eigenvalue weighted by molar-refractivity contribution is 5.97. The minimum absolute atomic E-state index is 0.0498. The van der Waals surface area contributed by atoms with Crippen LogP contribution in [0.3, 0.4) is 0 Å². The lowest BCUT2D eigenvalue weighted by Crippen LogP contribution is -2.42. The zero-order valence-electron chi connectivity index (χ0n) is 16.6. The van der Waals surface area contributed by atoms with Crippen LogP contribution in [0.5, 0.6) is 0 Å². The minimum atomic E-state index is -0.0838. The average molecular weight is 394 g/mol. The molecule has 0 spiro atoms. The van der Waals surface area contributed by atoms with Crippen LogP contribution in [0, 0.1) is 0 Å². The number of hydrogen-bond acceptors (Lipinski definition) is 4. The van der Waals surface area contributed by atoms with E-state index in [9.17, 15) is 9.59 Å². The number of carbonyl (C=O) groups is 2. The molecule has 2 amide bonds. The standard InChI is InChI=1S/C22H26N4O3/c27-21(25-10-8-16-5-1-2-6-17(16)15-25)19-18-7-3-4-9-26(18)20(23-19)22(28)24-11-13-29-14-12-24/h1-2,5-6H,3-4,7-15H2. The Balaban J connectivity index is 1.45. The highest BCUT2D eigenvalue weighted by Gasteiger charge is 2.33. The van der Waals surface area contributed by atoms with Gasteiger partial charge in [-0.3, -0.25) is 9.59 Å². The molecule has 0 aliphatic carbocycles. The summed E-state index contributed by atoms with van der Waals surface area (Å²) < 4.78 is 7.36. The van der Waals surface area contributed by atoms with Gasteiger partial charge < -0.3 is 19.1 Å². The molecule has 29 heavy (non-hydrogen) atoms. The molecule has 0 unspecified atom stereocenters. The van der Waals surface area contributed by atoms with Gasteiger partial charge in [0.05, 0.1) is 18.9 Å². The van der Waals surface area contributed by atoms with Gasteiger partial charge in [-0.1, -0.05) is 24.3 Å². The molecule has 152 valence electrons. The van der Waals surface area contributed by atoms with Crippen LogP contribution in [-0.2, 0) is 30.7 Å². The molecule has 3 aliphatic rings. The van der Waals surface area contributed by atoms with Gasteiger partial charge in [-0.05, 0) is 36.8 Å². The molecule has 1 fully saturated rings. The third-order valence-corrected chi connectivity index (χ3v) is 6.23. The second-order valence-corrected chi connectivity index (χ2v) is 7.99. The molecule has 7 nitrogen and oxygen atoms in total. The Morgan fingerprint density at radius 1 is 0.862 bits per heavy atom. The SMILES string of the molecule is O=C(c1nc(C(=O)N2CCOCC2)n2c1CCCC2)N1CCc2ccccc2C1. The van der Waals surface area contributed by atoms with E-state index in [2.05, 4.69) is 17.1 Å². The van der Waals surface area contributed by atoms with Crippen LogP contribution in [0.15, 0.2) is 24.3 Å². The number of amides is 2. The lowest BCUT2D eigenvalue weighted by Gasteiger charge is -2.29. The van der Waals surface area contributed by atoms with Crippen LogP contribution >= 0.6 is 0 Å². The first kappa shape index (κ1) is 18.4. The molecule has 3 aliphatic heterocycles. The van der Waals surface area contributed by atoms with E-state index in [1.54, 1.807) is 4.90 Å². The smallest absolute Gasteiger partial charge is 0.290 e. The first-order valence-electron chi connectivity index (χ1n) is 10.5. The Morgan fingerprint density at radius 3 is 2.48 bits per heavy atom. The van der Waals surface area contributed by atoms with Gasteiger partial charge in [-0.25, -0.2) is 4.98 Å². The highest BCUT2D eigenvalue weighted by Crippen LogP contribution is 2.26. The topological polar surface area (TPSA) is 67.7 Å². The summed E-state index contributed by atoms with van der Waals surface area (Å²) in [6.45, 7) is 4.31. The van der Waals surface area contributed by atoms with Crippen molar-refractivity contribution in [3.63, 3.8) is 0 Å². The Hall–Kier alpha value is -2.67. The first-order chi connectivity index (χ1) is 14.2. The molecule has 0 atom stereocenters. The second kappa shape index (κ2) is 7.63. The van der Waals surface area contributed by atoms with Crippen molar-refractivity contribution in [2.45, 2.75) is 38.8 Å². The van der Waals surface area contributed by atoms with E-state index in [0.717, 1.165) is 37.9 Å². The largest absolute Gasteiger partial charge is 0.378 e. The van der Waals surface area contributed by atoms with Crippen LogP contribution < -0.4 is 0 Å². The maximum atomic E-state index is 13.4. The van der Waals surface area contributed by atoms with E-state index < -0.39 is 0 Å². The summed E-state index contributed by atoms with van der Waals surface area (Å²) in [5.74, 6) is 0.285. The summed E-state index contributed by atoms with van der Waals surface area (Å²) in [5, 5.41) is 0. The Labute approximate surface area is 170 Å². The molecule has 0 bridgehead atoms. The van der Waals surface area contributed by atoms with Crippen LogP contribution in [0.2, 0.25) is 0 Å². The summed E-state index contributed by atoms with van der Waals surface area (Å²) in [4.78, 5) is 34.8. The summed E-state index contributed by atoms with van der Waals surface area (Å²) in [5.41, 5.74) is 3.91. The number of carbonyl (C=O) groups excluding carboxylic acids is 2. The predicted molar refractivity (Wildman–Crippen MR) is 107 cm³/mol. The van der Waals surface area contributed by atoms with Gasteiger partial charge >= 0.3 is 0 Å². The van der Waals surface area contributed by atoms with Crippen molar-refractivity contribution < 1.29 is 14.3 Å². The third-order valence-electron chi connectivity index (χ3n) is 6.23. The minimum Gasteiger partial charge on any atom is -0.378 e. The van der Waals surface area contributed by atoms with Gasteiger partial charge in [0.25, 0.3) is 11.8 Å². The molecule has 1 aromatic heterocycles. The number of aromatic nitrogens is 2. The molecule has 0 radical (unpaired) electrons. The van der Waals surface area contributed by atoms with E-state index in [1.165, 1.54) is 11.1 Å². The average Bonchev–Trinajstić information content (AvgIpc) is 3.18. The van der Waals surface area contributed by atoms with Gasteiger partial charge in [0.2, 0.25) is 0 Å². The third kappa shape index (κ3) is 3.33. The van der Waals surface area contributed by atoms with Crippen molar-refractivity contribution in [2.75, 3.05) is 32.8 Å². The Bertz CT molecular complexity index is 946. The second-order valence-electron chi connectivity index (χ2n) is 7.99. The van der Waals surface area contributed by atoms with Crippen molar-refractivity contribution in [1.82, 2.24) is 19.4 Å². The van der Waals surface area contributed by atoms with Crippen molar-refractivity contribution in [1.29, 1.82) is 0 Å². The summed E-state index contributed by atoms with van der Waals surface area (Å²) >= 11 is 0. The normalized spacial score (nSPS) is 18.9. The van der Waals surface area contributed by atoms with Gasteiger partial charge in [0.15, 0.2) is 5.82 Å². The number of benzene rings is 1. The van der Waals surface area contributed by atoms with Crippen LogP contribution in [0.4, 0.5) is 0 Å². The molecule has 1 aromatic carbocycles. The van der Waals surface area contributed by atoms with Gasteiger partial charge in [0, 0.05) is 32.7 Å². The van der Waals surface area contributed by atoms with Gasteiger partial charge in [-0.2, -0.15) is 0 Å². The zero-order valence-corrected chi connectivity index (χ0v) is 16.6. The number of fused-ring (bicyclic) bond motifs is 2. The van der Waals surface area contributed by atoms with Crippen molar-refractivity contribution in [3.8, 4) is 0 Å². The van der Waals surface area contributed by atoms with Crippen LogP contribution in [0.25, 0.3) is 0 Å². The molecule has 0 saturated carbocycles. The molecule has 2 aromatic rings. The molecular weight excluding hydrogens is 368 g/mol. The fourth-order valence-electron chi connectivity index (χ4n) is 4.60. The predicted octanol–water partition coefficient (Wildman–Crippen LogP) is 1.89. The van der Waals surface area contributed by atoms with E-state index in [1.807, 2.05) is 21.6 Å². The zero-order chi connectivity index (χ0) is 19.8. The lowest BCUT2D eigenvalue weighted by molar-refractivity contribution is 0.0291. The van der Waals surface area contributed by atoms with Gasteiger partial charge in [-0.15, -0.1) is 0 Å². The summed E-state index contributed by atoms with van der Waals surface area (Å²) in [6.07, 6.45) is 3.70. The van der Waals surface area contributed by atoms with Crippen molar-refractivity contribution in [3.05, 3.63) is 52.6 Å². The van der Waals surface area contributed by atoms with Crippen molar-refractivity contribution >= 4 is 11.8 Å². The highest BCUT2D eigenvalue weighted by atomic mass is 16.5. The number of hydrogen-bond donors (Lipinski definition) is 0. The fraction of sp³-hybridized carbons (Fsp3) is 0.500. The van der Waals surface area contributed by atoms with Crippen molar-refractivity contribution in [2.24, 2.45) is 0 Å². The summed E-state index contributed by atoms with van der Waals surface area (Å²) in [6, 6.07) is 8.29. The number of nitrogens with zero attached hydrogens (tertiary/aromatic N) is 4. The molecule has 1 saturated heterocycles. The molecular formula is C22H26N4O3. The lowest BCUT2D eigenvalue weighted by atomic mass is 9.99. The Kier molecular flexibility index (Phi) is 4.83.